The summed E-state index contributed by atoms with van der Waals surface area (Å²) >= 11 is 0. The van der Waals surface area contributed by atoms with Gasteiger partial charge in [0.1, 0.15) is 5.82 Å². The third-order valence-electron chi connectivity index (χ3n) is 3.57. The van der Waals surface area contributed by atoms with E-state index in [0.29, 0.717) is 13.1 Å². The van der Waals surface area contributed by atoms with Crippen molar-refractivity contribution in [2.45, 2.75) is 26.9 Å². The van der Waals surface area contributed by atoms with Gasteiger partial charge in [-0.25, -0.2) is 9.98 Å². The first-order chi connectivity index (χ1) is 11.6. The number of aryl methyl sites for hydroxylation is 1. The Hall–Kier alpha value is -2.56. The number of anilines is 1. The molecule has 2 aromatic rings. The minimum atomic E-state index is 0.640. The van der Waals surface area contributed by atoms with E-state index in [0.717, 1.165) is 24.0 Å². The van der Waals surface area contributed by atoms with E-state index in [2.05, 4.69) is 58.7 Å². The van der Waals surface area contributed by atoms with Crippen LogP contribution < -0.4 is 15.5 Å². The summed E-state index contributed by atoms with van der Waals surface area (Å²) in [4.78, 5) is 11.3. The Bertz CT molecular complexity index is 662. The van der Waals surface area contributed by atoms with Crippen LogP contribution in [0, 0.1) is 6.92 Å². The van der Waals surface area contributed by atoms with E-state index in [1.807, 2.05) is 37.2 Å². The number of pyridine rings is 1. The number of aliphatic imine (C=N–C) groups is 1. The highest BCUT2D eigenvalue weighted by Crippen LogP contribution is 2.08. The molecule has 0 aliphatic rings. The topological polar surface area (TPSA) is 52.6 Å². The maximum atomic E-state index is 4.64. The molecule has 0 spiro atoms. The van der Waals surface area contributed by atoms with Crippen LogP contribution in [-0.4, -0.2) is 31.6 Å². The highest BCUT2D eigenvalue weighted by molar-refractivity contribution is 5.79. The van der Waals surface area contributed by atoms with Gasteiger partial charge in [-0.05, 0) is 31.5 Å². The second kappa shape index (κ2) is 8.91. The molecule has 0 radical (unpaired) electrons. The summed E-state index contributed by atoms with van der Waals surface area (Å²) in [7, 11) is 3.99. The number of benzene rings is 1. The van der Waals surface area contributed by atoms with E-state index in [4.69, 9.17) is 0 Å². The molecule has 0 amide bonds. The van der Waals surface area contributed by atoms with Gasteiger partial charge in [0.05, 0.1) is 18.8 Å². The Morgan fingerprint density at radius 1 is 1.08 bits per heavy atom. The first-order valence-electron chi connectivity index (χ1n) is 8.29. The van der Waals surface area contributed by atoms with Crippen molar-refractivity contribution < 1.29 is 0 Å². The Morgan fingerprint density at radius 2 is 1.83 bits per heavy atom. The molecule has 1 aromatic heterocycles. The molecule has 1 heterocycles. The number of hydrogen-bond donors (Lipinski definition) is 2. The van der Waals surface area contributed by atoms with Crippen molar-refractivity contribution in [1.29, 1.82) is 0 Å². The Kier molecular flexibility index (Phi) is 6.61. The van der Waals surface area contributed by atoms with Crippen LogP contribution >= 0.6 is 0 Å². The number of rotatable bonds is 6. The molecule has 5 heteroatoms. The van der Waals surface area contributed by atoms with Crippen molar-refractivity contribution in [1.82, 2.24) is 15.6 Å². The molecule has 0 saturated carbocycles. The molecule has 128 valence electrons. The van der Waals surface area contributed by atoms with Gasteiger partial charge in [0, 0.05) is 20.6 Å². The average Bonchev–Trinajstić information content (AvgIpc) is 2.59. The fourth-order valence-electron chi connectivity index (χ4n) is 2.19. The summed E-state index contributed by atoms with van der Waals surface area (Å²) in [6.45, 7) is 6.27. The van der Waals surface area contributed by atoms with Crippen LogP contribution in [0.25, 0.3) is 0 Å². The highest BCUT2D eigenvalue weighted by atomic mass is 15.2. The maximum Gasteiger partial charge on any atom is 0.191 e. The van der Waals surface area contributed by atoms with Crippen molar-refractivity contribution in [3.8, 4) is 0 Å². The largest absolute Gasteiger partial charge is 0.363 e. The summed E-state index contributed by atoms with van der Waals surface area (Å²) in [6.07, 6.45) is 0. The summed E-state index contributed by atoms with van der Waals surface area (Å²) in [5.74, 6) is 1.76. The molecule has 0 saturated heterocycles. The molecule has 0 unspecified atom stereocenters. The second-order valence-electron chi connectivity index (χ2n) is 5.92. The quantitative estimate of drug-likeness (QED) is 0.633. The molecule has 5 nitrogen and oxygen atoms in total. The van der Waals surface area contributed by atoms with E-state index in [1.54, 1.807) is 0 Å². The van der Waals surface area contributed by atoms with Crippen molar-refractivity contribution in [3.05, 3.63) is 59.3 Å². The SMILES string of the molecule is CCNC(=NCc1ccc(C)cc1)NCc1cccc(N(C)C)n1. The van der Waals surface area contributed by atoms with Gasteiger partial charge >= 0.3 is 0 Å². The van der Waals surface area contributed by atoms with Crippen LogP contribution in [0.15, 0.2) is 47.5 Å². The van der Waals surface area contributed by atoms with Gasteiger partial charge in [0.25, 0.3) is 0 Å². The van der Waals surface area contributed by atoms with Crippen LogP contribution in [0.3, 0.4) is 0 Å². The molecule has 0 aliphatic carbocycles. The zero-order valence-electron chi connectivity index (χ0n) is 15.0. The molecule has 24 heavy (non-hydrogen) atoms. The lowest BCUT2D eigenvalue weighted by molar-refractivity contribution is 0.798. The fraction of sp³-hybridized carbons (Fsp3) is 0.368. The van der Waals surface area contributed by atoms with E-state index in [1.165, 1.54) is 11.1 Å². The average molecular weight is 325 g/mol. The van der Waals surface area contributed by atoms with E-state index in [-0.39, 0.29) is 0 Å². The maximum absolute atomic E-state index is 4.64. The van der Waals surface area contributed by atoms with E-state index in [9.17, 15) is 0 Å². The lowest BCUT2D eigenvalue weighted by Crippen LogP contribution is -2.37. The third kappa shape index (κ3) is 5.57. The number of guanidine groups is 1. The predicted molar refractivity (Wildman–Crippen MR) is 101 cm³/mol. The van der Waals surface area contributed by atoms with Gasteiger partial charge in [-0.15, -0.1) is 0 Å². The molecule has 2 rings (SSSR count). The third-order valence-corrected chi connectivity index (χ3v) is 3.57. The number of aromatic nitrogens is 1. The molecule has 2 N–H and O–H groups in total. The van der Waals surface area contributed by atoms with Crippen molar-refractivity contribution >= 4 is 11.8 Å². The molecular weight excluding hydrogens is 298 g/mol. The van der Waals surface area contributed by atoms with Crippen LogP contribution in [0.4, 0.5) is 5.82 Å². The predicted octanol–water partition coefficient (Wildman–Crippen LogP) is 2.71. The van der Waals surface area contributed by atoms with Crippen LogP contribution in [-0.2, 0) is 13.1 Å². The lowest BCUT2D eigenvalue weighted by Gasteiger charge is -2.14. The number of hydrogen-bond acceptors (Lipinski definition) is 3. The molecule has 1 aromatic carbocycles. The smallest absolute Gasteiger partial charge is 0.191 e. The minimum Gasteiger partial charge on any atom is -0.363 e. The number of nitrogens with one attached hydrogen (secondary N) is 2. The summed E-state index contributed by atoms with van der Waals surface area (Å²) in [5, 5.41) is 6.62. The normalized spacial score (nSPS) is 11.2. The first-order valence-corrected chi connectivity index (χ1v) is 8.29. The molecule has 0 bridgehead atoms. The molecule has 0 atom stereocenters. The Morgan fingerprint density at radius 3 is 2.50 bits per heavy atom. The van der Waals surface area contributed by atoms with Crippen molar-refractivity contribution in [3.63, 3.8) is 0 Å². The Balaban J connectivity index is 1.98. The monoisotopic (exact) mass is 325 g/mol. The van der Waals surface area contributed by atoms with Gasteiger partial charge in [0.15, 0.2) is 5.96 Å². The van der Waals surface area contributed by atoms with E-state index < -0.39 is 0 Å². The van der Waals surface area contributed by atoms with Crippen LogP contribution in [0.1, 0.15) is 23.7 Å². The molecule has 0 fully saturated rings. The van der Waals surface area contributed by atoms with Gasteiger partial charge in [0.2, 0.25) is 0 Å². The second-order valence-corrected chi connectivity index (χ2v) is 5.92. The Labute approximate surface area is 144 Å². The molecule has 0 aliphatic heterocycles. The first kappa shape index (κ1) is 17.8. The van der Waals surface area contributed by atoms with Gasteiger partial charge < -0.3 is 15.5 Å². The summed E-state index contributed by atoms with van der Waals surface area (Å²) in [6, 6.07) is 14.5. The summed E-state index contributed by atoms with van der Waals surface area (Å²) in [5.41, 5.74) is 3.45. The molecular formula is C19H27N5. The van der Waals surface area contributed by atoms with Crippen LogP contribution in [0.2, 0.25) is 0 Å². The van der Waals surface area contributed by atoms with Gasteiger partial charge in [-0.2, -0.15) is 0 Å². The van der Waals surface area contributed by atoms with Crippen molar-refractivity contribution in [2.75, 3.05) is 25.5 Å². The zero-order chi connectivity index (χ0) is 17.4. The van der Waals surface area contributed by atoms with E-state index >= 15 is 0 Å². The van der Waals surface area contributed by atoms with Gasteiger partial charge in [-0.1, -0.05) is 35.9 Å². The zero-order valence-corrected chi connectivity index (χ0v) is 15.0. The van der Waals surface area contributed by atoms with Crippen LogP contribution in [0.5, 0.6) is 0 Å². The van der Waals surface area contributed by atoms with Gasteiger partial charge in [-0.3, -0.25) is 0 Å². The summed E-state index contributed by atoms with van der Waals surface area (Å²) < 4.78 is 0. The number of nitrogens with zero attached hydrogens (tertiary/aromatic N) is 3. The standard InChI is InChI=1S/C19H27N5/c1-5-20-19(21-13-16-11-9-15(2)10-12-16)22-14-17-7-6-8-18(23-17)24(3)4/h6-12H,5,13-14H2,1-4H3,(H2,20,21,22). The fourth-order valence-corrected chi connectivity index (χ4v) is 2.19. The van der Waals surface area contributed by atoms with Crippen molar-refractivity contribution in [2.24, 2.45) is 4.99 Å². The lowest BCUT2D eigenvalue weighted by atomic mass is 10.1. The minimum absolute atomic E-state index is 0.640. The highest BCUT2D eigenvalue weighted by Gasteiger charge is 2.02.